The van der Waals surface area contributed by atoms with E-state index in [0.717, 1.165) is 16.8 Å². The average Bonchev–Trinajstić information content (AvgIpc) is 2.84. The molecule has 0 saturated carbocycles. The predicted octanol–water partition coefficient (Wildman–Crippen LogP) is 3.27. The minimum Gasteiger partial charge on any atom is -0.378 e. The highest BCUT2D eigenvalue weighted by Gasteiger charge is 2.35. The van der Waals surface area contributed by atoms with Gasteiger partial charge in [-0.25, -0.2) is 0 Å². The molecule has 0 fully saturated rings. The molecule has 0 aliphatic carbocycles. The van der Waals surface area contributed by atoms with E-state index in [1.807, 2.05) is 81.4 Å². The van der Waals surface area contributed by atoms with Crippen molar-refractivity contribution in [1.29, 1.82) is 15.8 Å². The highest BCUT2D eigenvalue weighted by molar-refractivity contribution is 5.67. The van der Waals surface area contributed by atoms with Crippen LogP contribution < -0.4 is 10.2 Å². The first-order valence-corrected chi connectivity index (χ1v) is 7.77. The van der Waals surface area contributed by atoms with Gasteiger partial charge < -0.3 is 10.2 Å². The van der Waals surface area contributed by atoms with E-state index in [4.69, 9.17) is 10.5 Å². The van der Waals surface area contributed by atoms with E-state index in [9.17, 15) is 5.26 Å². The van der Waals surface area contributed by atoms with Gasteiger partial charge in [-0.15, -0.1) is 0 Å². The van der Waals surface area contributed by atoms with Crippen molar-refractivity contribution in [3.05, 3.63) is 58.3 Å². The number of nitrogens with one attached hydrogen (secondary N) is 1. The number of hydrogen-bond donors (Lipinski definition) is 1. The van der Waals surface area contributed by atoms with Gasteiger partial charge in [-0.1, -0.05) is 24.3 Å². The van der Waals surface area contributed by atoms with Crippen LogP contribution in [0.25, 0.3) is 6.08 Å². The quantitative estimate of drug-likeness (QED) is 0.860. The fourth-order valence-electron chi connectivity index (χ4n) is 2.68. The van der Waals surface area contributed by atoms with Crippen LogP contribution in [0.4, 0.5) is 5.69 Å². The van der Waals surface area contributed by atoms with E-state index in [1.54, 1.807) is 0 Å². The minimum absolute atomic E-state index is 0.0802. The summed E-state index contributed by atoms with van der Waals surface area (Å²) in [6.07, 6.45) is 3.80. The Morgan fingerprint density at radius 2 is 1.64 bits per heavy atom. The molecule has 0 amide bonds. The first kappa shape index (κ1) is 17.9. The largest absolute Gasteiger partial charge is 0.378 e. The Kier molecular flexibility index (Phi) is 4.97. The van der Waals surface area contributed by atoms with Gasteiger partial charge in [0.05, 0.1) is 16.8 Å². The molecule has 5 heteroatoms. The number of nitriles is 3. The topological polar surface area (TPSA) is 86.6 Å². The van der Waals surface area contributed by atoms with E-state index in [0.29, 0.717) is 11.3 Å². The average molecular weight is 329 g/mol. The summed E-state index contributed by atoms with van der Waals surface area (Å²) in [7, 11) is 3.97. The molecule has 0 bridgehead atoms. The highest BCUT2D eigenvalue weighted by atomic mass is 15.1. The van der Waals surface area contributed by atoms with Crippen LogP contribution >= 0.6 is 0 Å². The van der Waals surface area contributed by atoms with Crippen molar-refractivity contribution in [2.24, 2.45) is 0 Å². The van der Waals surface area contributed by atoms with Crippen LogP contribution in [0.15, 0.2) is 52.8 Å². The molecule has 0 radical (unpaired) electrons. The van der Waals surface area contributed by atoms with Crippen LogP contribution in [0.2, 0.25) is 0 Å². The van der Waals surface area contributed by atoms with E-state index in [2.05, 4.69) is 11.4 Å². The van der Waals surface area contributed by atoms with Gasteiger partial charge >= 0.3 is 0 Å². The van der Waals surface area contributed by atoms with Crippen molar-refractivity contribution in [2.75, 3.05) is 19.0 Å². The standard InChI is InChI=1S/C20H19N5/c1-20(2)18(17(13-23)19(24-20)15(11-21)12-22)10-7-14-5-8-16(9-6-14)25(3)4/h5-10,24H,1-4H3/b10-7+. The van der Waals surface area contributed by atoms with Crippen LogP contribution in [-0.2, 0) is 0 Å². The van der Waals surface area contributed by atoms with Crippen LogP contribution in [0, 0.1) is 34.0 Å². The van der Waals surface area contributed by atoms with Crippen molar-refractivity contribution in [3.8, 4) is 18.2 Å². The summed E-state index contributed by atoms with van der Waals surface area (Å²) >= 11 is 0. The maximum absolute atomic E-state index is 9.53. The van der Waals surface area contributed by atoms with Gasteiger partial charge in [-0.05, 0) is 37.1 Å². The Morgan fingerprint density at radius 3 is 2.12 bits per heavy atom. The molecule has 0 aromatic heterocycles. The molecule has 1 aromatic rings. The third-order valence-corrected chi connectivity index (χ3v) is 4.07. The van der Waals surface area contributed by atoms with Crippen LogP contribution in [0.1, 0.15) is 19.4 Å². The van der Waals surface area contributed by atoms with Crippen molar-refractivity contribution in [1.82, 2.24) is 5.32 Å². The van der Waals surface area contributed by atoms with Gasteiger partial charge in [-0.3, -0.25) is 0 Å². The Morgan fingerprint density at radius 1 is 1.04 bits per heavy atom. The number of allylic oxidation sites excluding steroid dienone is 2. The van der Waals surface area contributed by atoms with Crippen LogP contribution in [0.3, 0.4) is 0 Å². The van der Waals surface area contributed by atoms with Gasteiger partial charge in [0, 0.05) is 19.8 Å². The second kappa shape index (κ2) is 6.95. The Labute approximate surface area is 148 Å². The van der Waals surface area contributed by atoms with Crippen LogP contribution in [-0.4, -0.2) is 19.6 Å². The third-order valence-electron chi connectivity index (χ3n) is 4.07. The number of hydrogen-bond acceptors (Lipinski definition) is 5. The molecule has 5 nitrogen and oxygen atoms in total. The maximum Gasteiger partial charge on any atom is 0.154 e. The monoisotopic (exact) mass is 329 g/mol. The molecule has 0 saturated heterocycles. The number of rotatable bonds is 3. The Balaban J connectivity index is 2.47. The molecule has 1 heterocycles. The molecule has 2 rings (SSSR count). The number of anilines is 1. The molecular weight excluding hydrogens is 310 g/mol. The van der Waals surface area contributed by atoms with E-state index in [1.165, 1.54) is 0 Å². The summed E-state index contributed by atoms with van der Waals surface area (Å²) in [5.41, 5.74) is 2.89. The lowest BCUT2D eigenvalue weighted by Crippen LogP contribution is -2.34. The molecular formula is C20H19N5. The first-order chi connectivity index (χ1) is 11.8. The van der Waals surface area contributed by atoms with Gasteiger partial charge in [-0.2, -0.15) is 15.8 Å². The summed E-state index contributed by atoms with van der Waals surface area (Å²) in [5.74, 6) is 0. The van der Waals surface area contributed by atoms with Gasteiger partial charge in [0.15, 0.2) is 5.57 Å². The zero-order chi connectivity index (χ0) is 18.6. The molecule has 0 unspecified atom stereocenters. The summed E-state index contributed by atoms with van der Waals surface area (Å²) in [6, 6.07) is 13.9. The summed E-state index contributed by atoms with van der Waals surface area (Å²) in [6.45, 7) is 3.83. The Hall–Kier alpha value is -3.49. The SMILES string of the molecule is CN(C)c1ccc(/C=C/C2=C(C#N)C(=C(C#N)C#N)NC2(C)C)cc1. The first-order valence-electron chi connectivity index (χ1n) is 7.77. The second-order valence-corrected chi connectivity index (χ2v) is 6.44. The fraction of sp³-hybridized carbons (Fsp3) is 0.250. The minimum atomic E-state index is -0.542. The van der Waals surface area contributed by atoms with Crippen molar-refractivity contribution in [2.45, 2.75) is 19.4 Å². The zero-order valence-electron chi connectivity index (χ0n) is 14.8. The number of nitrogens with zero attached hydrogens (tertiary/aromatic N) is 4. The van der Waals surface area contributed by atoms with E-state index < -0.39 is 5.54 Å². The summed E-state index contributed by atoms with van der Waals surface area (Å²) in [4.78, 5) is 2.02. The molecule has 25 heavy (non-hydrogen) atoms. The van der Waals surface area contributed by atoms with Crippen molar-refractivity contribution in [3.63, 3.8) is 0 Å². The second-order valence-electron chi connectivity index (χ2n) is 6.44. The van der Waals surface area contributed by atoms with Crippen molar-refractivity contribution >= 4 is 11.8 Å². The molecule has 1 N–H and O–H groups in total. The van der Waals surface area contributed by atoms with Gasteiger partial charge in [0.1, 0.15) is 18.2 Å². The summed E-state index contributed by atoms with van der Waals surface area (Å²) < 4.78 is 0. The maximum atomic E-state index is 9.53. The van der Waals surface area contributed by atoms with Crippen LogP contribution in [0.5, 0.6) is 0 Å². The molecule has 124 valence electrons. The zero-order valence-corrected chi connectivity index (χ0v) is 14.8. The summed E-state index contributed by atoms with van der Waals surface area (Å²) in [5, 5.41) is 30.9. The van der Waals surface area contributed by atoms with Gasteiger partial charge in [0.2, 0.25) is 0 Å². The van der Waals surface area contributed by atoms with E-state index >= 15 is 0 Å². The number of benzene rings is 1. The fourth-order valence-corrected chi connectivity index (χ4v) is 2.68. The lowest BCUT2D eigenvalue weighted by atomic mass is 9.93. The smallest absolute Gasteiger partial charge is 0.154 e. The Bertz CT molecular complexity index is 875. The highest BCUT2D eigenvalue weighted by Crippen LogP contribution is 2.34. The van der Waals surface area contributed by atoms with E-state index in [-0.39, 0.29) is 5.57 Å². The molecule has 1 aliphatic heterocycles. The normalized spacial score (nSPS) is 15.3. The lowest BCUT2D eigenvalue weighted by molar-refractivity contribution is 0.543. The predicted molar refractivity (Wildman–Crippen MR) is 97.9 cm³/mol. The molecule has 0 atom stereocenters. The lowest BCUT2D eigenvalue weighted by Gasteiger charge is -2.21. The third kappa shape index (κ3) is 3.55. The molecule has 1 aliphatic rings. The molecule has 0 spiro atoms. The van der Waals surface area contributed by atoms with Crippen molar-refractivity contribution < 1.29 is 0 Å². The van der Waals surface area contributed by atoms with Gasteiger partial charge in [0.25, 0.3) is 0 Å². The molecule has 1 aromatic carbocycles.